The van der Waals surface area contributed by atoms with Gasteiger partial charge in [0.05, 0.1) is 0 Å². The van der Waals surface area contributed by atoms with Crippen LogP contribution in [-0.2, 0) is 9.59 Å². The van der Waals surface area contributed by atoms with E-state index in [-0.39, 0.29) is 24.7 Å². The molecule has 1 fully saturated rings. The van der Waals surface area contributed by atoms with E-state index in [1.807, 2.05) is 18.2 Å². The van der Waals surface area contributed by atoms with Crippen molar-refractivity contribution in [2.24, 2.45) is 5.73 Å². The molecule has 2 rings (SSSR count). The quantitative estimate of drug-likeness (QED) is 0.805. The molecule has 0 unspecified atom stereocenters. The number of hydrogen-bond donors (Lipinski definition) is 2. The fourth-order valence-electron chi connectivity index (χ4n) is 2.48. The highest BCUT2D eigenvalue weighted by Crippen LogP contribution is 2.10. The first-order valence-electron chi connectivity index (χ1n) is 7.59. The average Bonchev–Trinajstić information content (AvgIpc) is 2.59. The second-order valence-corrected chi connectivity index (χ2v) is 5.52. The lowest BCUT2D eigenvalue weighted by molar-refractivity contribution is -0.139. The van der Waals surface area contributed by atoms with Gasteiger partial charge in [0.25, 0.3) is 5.91 Å². The van der Waals surface area contributed by atoms with E-state index in [0.717, 1.165) is 0 Å². The first-order chi connectivity index (χ1) is 11.0. The molecule has 0 saturated carbocycles. The Morgan fingerprint density at radius 1 is 1.04 bits per heavy atom. The highest BCUT2D eigenvalue weighted by molar-refractivity contribution is 5.94. The molecule has 1 aromatic carbocycles. The van der Waals surface area contributed by atoms with Crippen LogP contribution in [0.5, 0.6) is 0 Å². The zero-order valence-corrected chi connectivity index (χ0v) is 12.9. The average molecular weight is 319 g/mol. The number of carbonyl (C=O) groups is 3. The predicted molar refractivity (Wildman–Crippen MR) is 83.8 cm³/mol. The van der Waals surface area contributed by atoms with Gasteiger partial charge in [-0.2, -0.15) is 0 Å². The second kappa shape index (κ2) is 7.73. The molecule has 1 saturated heterocycles. The minimum Gasteiger partial charge on any atom is -0.480 e. The summed E-state index contributed by atoms with van der Waals surface area (Å²) in [6, 6.07) is 8.02. The molecule has 1 aliphatic rings. The van der Waals surface area contributed by atoms with Gasteiger partial charge >= 0.3 is 5.97 Å². The smallest absolute Gasteiger partial charge is 0.320 e. The van der Waals surface area contributed by atoms with Crippen molar-refractivity contribution in [2.45, 2.75) is 18.9 Å². The third-order valence-corrected chi connectivity index (χ3v) is 3.93. The number of nitrogens with two attached hydrogens (primary N) is 1. The molecule has 7 heteroatoms. The summed E-state index contributed by atoms with van der Waals surface area (Å²) in [7, 11) is 0. The van der Waals surface area contributed by atoms with Gasteiger partial charge in [-0.1, -0.05) is 18.2 Å². The number of amides is 2. The monoisotopic (exact) mass is 319 g/mol. The van der Waals surface area contributed by atoms with Crippen LogP contribution in [-0.4, -0.2) is 64.9 Å². The summed E-state index contributed by atoms with van der Waals surface area (Å²) >= 11 is 0. The minimum atomic E-state index is -1.10. The normalized spacial score (nSPS) is 16.0. The summed E-state index contributed by atoms with van der Waals surface area (Å²) in [6.07, 6.45) is 0.234. The summed E-state index contributed by atoms with van der Waals surface area (Å²) in [4.78, 5) is 38.4. The van der Waals surface area contributed by atoms with Gasteiger partial charge < -0.3 is 20.6 Å². The molecule has 0 radical (unpaired) electrons. The number of carboxylic acids is 1. The molecule has 0 aromatic heterocycles. The molecule has 1 aromatic rings. The minimum absolute atomic E-state index is 0.0365. The molecule has 0 bridgehead atoms. The second-order valence-electron chi connectivity index (χ2n) is 5.52. The lowest BCUT2D eigenvalue weighted by atomic mass is 10.1. The molecule has 23 heavy (non-hydrogen) atoms. The Bertz CT molecular complexity index is 568. The van der Waals surface area contributed by atoms with Crippen molar-refractivity contribution in [3.63, 3.8) is 0 Å². The number of rotatable bonds is 5. The summed E-state index contributed by atoms with van der Waals surface area (Å²) in [5.41, 5.74) is 6.04. The highest BCUT2D eigenvalue weighted by Gasteiger charge is 2.25. The van der Waals surface area contributed by atoms with Gasteiger partial charge in [0.1, 0.15) is 6.04 Å². The third kappa shape index (κ3) is 4.53. The zero-order chi connectivity index (χ0) is 16.8. The maximum absolute atomic E-state index is 12.3. The number of nitrogens with zero attached hydrogens (tertiary/aromatic N) is 2. The SMILES string of the molecule is N[C@@H](CCC(=O)N1CCN(C(=O)c2ccccc2)CC1)C(=O)O. The molecule has 1 aliphatic heterocycles. The molecule has 1 atom stereocenters. The fraction of sp³-hybridized carbons (Fsp3) is 0.438. The van der Waals surface area contributed by atoms with Gasteiger partial charge in [-0.15, -0.1) is 0 Å². The van der Waals surface area contributed by atoms with Crippen LogP contribution in [0, 0.1) is 0 Å². The molecule has 7 nitrogen and oxygen atoms in total. The summed E-state index contributed by atoms with van der Waals surface area (Å²) in [5.74, 6) is -1.25. The van der Waals surface area contributed by atoms with Crippen LogP contribution in [0.25, 0.3) is 0 Å². The van der Waals surface area contributed by atoms with E-state index < -0.39 is 12.0 Å². The largest absolute Gasteiger partial charge is 0.480 e. The van der Waals surface area contributed by atoms with E-state index in [2.05, 4.69) is 0 Å². The molecule has 2 amide bonds. The van der Waals surface area contributed by atoms with Gasteiger partial charge in [0.15, 0.2) is 0 Å². The molecule has 0 spiro atoms. The Labute approximate surface area is 134 Å². The predicted octanol–water partition coefficient (Wildman–Crippen LogP) is 0.163. The Morgan fingerprint density at radius 3 is 2.17 bits per heavy atom. The molecule has 1 heterocycles. The Kier molecular flexibility index (Phi) is 5.70. The van der Waals surface area contributed by atoms with Crippen LogP contribution in [0.1, 0.15) is 23.2 Å². The van der Waals surface area contributed by atoms with Crippen molar-refractivity contribution in [3.05, 3.63) is 35.9 Å². The standard InChI is InChI=1S/C16H21N3O4/c17-13(16(22)23)6-7-14(20)18-8-10-19(11-9-18)15(21)12-4-2-1-3-5-12/h1-5,13H,6-11,17H2,(H,22,23)/t13-/m0/s1. The van der Waals surface area contributed by atoms with Crippen molar-refractivity contribution >= 4 is 17.8 Å². The van der Waals surface area contributed by atoms with Gasteiger partial charge in [-0.25, -0.2) is 0 Å². The van der Waals surface area contributed by atoms with Crippen LogP contribution in [0.15, 0.2) is 30.3 Å². The van der Waals surface area contributed by atoms with E-state index in [9.17, 15) is 14.4 Å². The summed E-state index contributed by atoms with van der Waals surface area (Å²) < 4.78 is 0. The van der Waals surface area contributed by atoms with Crippen LogP contribution >= 0.6 is 0 Å². The molecular weight excluding hydrogens is 298 g/mol. The van der Waals surface area contributed by atoms with Crippen molar-refractivity contribution in [1.82, 2.24) is 9.80 Å². The van der Waals surface area contributed by atoms with Crippen molar-refractivity contribution in [1.29, 1.82) is 0 Å². The van der Waals surface area contributed by atoms with Gasteiger partial charge in [-0.3, -0.25) is 14.4 Å². The molecular formula is C16H21N3O4. The lowest BCUT2D eigenvalue weighted by Gasteiger charge is -2.35. The maximum Gasteiger partial charge on any atom is 0.320 e. The van der Waals surface area contributed by atoms with Gasteiger partial charge in [-0.05, 0) is 18.6 Å². The molecule has 124 valence electrons. The number of piperazine rings is 1. The number of carboxylic acid groups (broad SMARTS) is 1. The van der Waals surface area contributed by atoms with E-state index in [0.29, 0.717) is 31.7 Å². The van der Waals surface area contributed by atoms with Gasteiger partial charge in [0, 0.05) is 38.2 Å². The first-order valence-corrected chi connectivity index (χ1v) is 7.59. The van der Waals surface area contributed by atoms with E-state index >= 15 is 0 Å². The zero-order valence-electron chi connectivity index (χ0n) is 12.9. The topological polar surface area (TPSA) is 104 Å². The van der Waals surface area contributed by atoms with Crippen LogP contribution in [0.3, 0.4) is 0 Å². The van der Waals surface area contributed by atoms with Crippen molar-refractivity contribution < 1.29 is 19.5 Å². The number of aliphatic carboxylic acids is 1. The fourth-order valence-corrected chi connectivity index (χ4v) is 2.48. The van der Waals surface area contributed by atoms with E-state index in [1.54, 1.807) is 21.9 Å². The Morgan fingerprint density at radius 2 is 1.61 bits per heavy atom. The maximum atomic E-state index is 12.3. The third-order valence-electron chi connectivity index (χ3n) is 3.93. The van der Waals surface area contributed by atoms with E-state index in [1.165, 1.54) is 0 Å². The first kappa shape index (κ1) is 17.0. The highest BCUT2D eigenvalue weighted by atomic mass is 16.4. The molecule has 0 aliphatic carbocycles. The summed E-state index contributed by atoms with van der Waals surface area (Å²) in [5, 5.41) is 8.72. The Hall–Kier alpha value is -2.41. The van der Waals surface area contributed by atoms with Gasteiger partial charge in [0.2, 0.25) is 5.91 Å². The van der Waals surface area contributed by atoms with Crippen molar-refractivity contribution in [3.8, 4) is 0 Å². The lowest BCUT2D eigenvalue weighted by Crippen LogP contribution is -2.50. The summed E-state index contributed by atoms with van der Waals surface area (Å²) in [6.45, 7) is 1.87. The number of hydrogen-bond acceptors (Lipinski definition) is 4. The number of benzene rings is 1. The number of carbonyl (C=O) groups excluding carboxylic acids is 2. The van der Waals surface area contributed by atoms with Crippen LogP contribution in [0.2, 0.25) is 0 Å². The van der Waals surface area contributed by atoms with E-state index in [4.69, 9.17) is 10.8 Å². The van der Waals surface area contributed by atoms with Crippen LogP contribution in [0.4, 0.5) is 0 Å². The van der Waals surface area contributed by atoms with Crippen LogP contribution < -0.4 is 5.73 Å². The molecule has 3 N–H and O–H groups in total. The Balaban J connectivity index is 1.80. The van der Waals surface area contributed by atoms with Crippen molar-refractivity contribution in [2.75, 3.05) is 26.2 Å².